The van der Waals surface area contributed by atoms with Gasteiger partial charge in [0.25, 0.3) is 0 Å². The van der Waals surface area contributed by atoms with Crippen molar-refractivity contribution in [2.45, 2.75) is 12.5 Å². The van der Waals surface area contributed by atoms with E-state index in [1.165, 1.54) is 24.3 Å². The van der Waals surface area contributed by atoms with Gasteiger partial charge >= 0.3 is 0 Å². The van der Waals surface area contributed by atoms with Crippen LogP contribution in [-0.4, -0.2) is 52.7 Å². The number of hydrogen-bond acceptors (Lipinski definition) is 3. The number of benzene rings is 4. The molecule has 4 aromatic carbocycles. The highest BCUT2D eigenvalue weighted by Crippen LogP contribution is 2.36. The molecular weight excluding hydrogens is 557 g/mol. The Morgan fingerprint density at radius 3 is 2.14 bits per heavy atom. The summed E-state index contributed by atoms with van der Waals surface area (Å²) in [5, 5.41) is 8.28. The summed E-state index contributed by atoms with van der Waals surface area (Å²) < 4.78 is 41.0. The molecule has 42 heavy (non-hydrogen) atoms. The van der Waals surface area contributed by atoms with Crippen LogP contribution < -0.4 is 0 Å². The second-order valence-electron chi connectivity index (χ2n) is 10.6. The summed E-state index contributed by atoms with van der Waals surface area (Å²) >= 11 is 6.34. The first-order valence-electron chi connectivity index (χ1n) is 14.0. The predicted molar refractivity (Wildman–Crippen MR) is 161 cm³/mol. The Bertz CT molecular complexity index is 1640. The van der Waals surface area contributed by atoms with Crippen LogP contribution in [0.2, 0.25) is 5.02 Å². The van der Waals surface area contributed by atoms with E-state index < -0.39 is 11.6 Å². The Morgan fingerprint density at radius 2 is 1.45 bits per heavy atom. The number of aromatic nitrogens is 2. The smallest absolute Gasteiger partial charge is 0.129 e. The van der Waals surface area contributed by atoms with Crippen molar-refractivity contribution >= 4 is 11.6 Å². The van der Waals surface area contributed by atoms with E-state index in [4.69, 9.17) is 11.6 Å². The Morgan fingerprint density at radius 1 is 0.762 bits per heavy atom. The second kappa shape index (κ2) is 12.5. The van der Waals surface area contributed by atoms with Crippen LogP contribution in [0.3, 0.4) is 0 Å². The zero-order valence-electron chi connectivity index (χ0n) is 22.9. The van der Waals surface area contributed by atoms with Crippen LogP contribution >= 0.6 is 11.6 Å². The van der Waals surface area contributed by atoms with Gasteiger partial charge in [-0.1, -0.05) is 66.2 Å². The second-order valence-corrected chi connectivity index (χ2v) is 11.0. The number of hydrogen-bond donors (Lipinski definition) is 1. The number of halogens is 4. The Kier molecular flexibility index (Phi) is 8.42. The normalized spacial score (nSPS) is 15.1. The number of aromatic amines is 1. The third-order valence-corrected chi connectivity index (χ3v) is 8.20. The maximum absolute atomic E-state index is 14.2. The summed E-state index contributed by atoms with van der Waals surface area (Å²) in [5.41, 5.74) is 6.54. The maximum Gasteiger partial charge on any atom is 0.129 e. The van der Waals surface area contributed by atoms with Gasteiger partial charge in [0.15, 0.2) is 0 Å². The molecule has 6 rings (SSSR count). The van der Waals surface area contributed by atoms with E-state index in [1.807, 2.05) is 30.5 Å². The zero-order valence-corrected chi connectivity index (χ0v) is 23.7. The highest BCUT2D eigenvalue weighted by molar-refractivity contribution is 6.30. The quantitative estimate of drug-likeness (QED) is 0.202. The van der Waals surface area contributed by atoms with Crippen LogP contribution in [0.1, 0.15) is 22.7 Å². The number of piperazine rings is 1. The third-order valence-electron chi connectivity index (χ3n) is 7.97. The molecule has 1 aliphatic heterocycles. The van der Waals surface area contributed by atoms with Crippen molar-refractivity contribution in [2.24, 2.45) is 0 Å². The molecule has 0 bridgehead atoms. The molecule has 1 aromatic heterocycles. The molecule has 0 amide bonds. The van der Waals surface area contributed by atoms with Crippen LogP contribution in [0, 0.1) is 17.5 Å². The highest BCUT2D eigenvalue weighted by atomic mass is 35.5. The molecule has 1 fully saturated rings. The van der Waals surface area contributed by atoms with Crippen molar-refractivity contribution in [2.75, 3.05) is 32.7 Å². The van der Waals surface area contributed by atoms with Gasteiger partial charge in [0.1, 0.15) is 17.5 Å². The number of nitrogens with zero attached hydrogens (tertiary/aromatic N) is 3. The standard InChI is InChI=1S/C34H30ClF3N4/c35-28-3-1-2-27(20-28)33-31(22-39-40-33)34(26-6-4-23(5-7-26)24-8-11-29(36)12-9-24)42-18-16-41(17-19-42)15-14-25-10-13-30(37)21-32(25)38/h1-13,20-22,34H,14-19H2,(H,39,40). The van der Waals surface area contributed by atoms with Gasteiger partial charge in [-0.15, -0.1) is 0 Å². The molecule has 2 heterocycles. The van der Waals surface area contributed by atoms with Crippen molar-refractivity contribution in [1.29, 1.82) is 0 Å². The lowest BCUT2D eigenvalue weighted by molar-refractivity contribution is 0.110. The van der Waals surface area contributed by atoms with Gasteiger partial charge in [-0.2, -0.15) is 5.10 Å². The molecule has 1 aliphatic rings. The fraction of sp³-hybridized carbons (Fsp3) is 0.206. The van der Waals surface area contributed by atoms with Crippen LogP contribution in [0.4, 0.5) is 13.2 Å². The number of nitrogens with one attached hydrogen (secondary N) is 1. The molecule has 0 radical (unpaired) electrons. The molecule has 0 saturated carbocycles. The molecule has 1 unspecified atom stereocenters. The van der Waals surface area contributed by atoms with E-state index in [1.54, 1.807) is 12.1 Å². The number of H-pyrrole nitrogens is 1. The average molecular weight is 587 g/mol. The van der Waals surface area contributed by atoms with Crippen LogP contribution in [0.25, 0.3) is 22.4 Å². The van der Waals surface area contributed by atoms with Gasteiger partial charge < -0.3 is 4.90 Å². The maximum atomic E-state index is 14.2. The largest absolute Gasteiger partial charge is 0.300 e. The van der Waals surface area contributed by atoms with Crippen molar-refractivity contribution in [3.63, 3.8) is 0 Å². The SMILES string of the molecule is Fc1ccc(-c2ccc(C(c3cn[nH]c3-c3cccc(Cl)c3)N3CCN(CCc4ccc(F)cc4F)CC3)cc2)cc1. The van der Waals surface area contributed by atoms with Crippen LogP contribution in [-0.2, 0) is 6.42 Å². The minimum atomic E-state index is -0.557. The van der Waals surface area contributed by atoms with E-state index in [9.17, 15) is 13.2 Å². The number of rotatable bonds is 8. The van der Waals surface area contributed by atoms with Crippen LogP contribution in [0.5, 0.6) is 0 Å². The van der Waals surface area contributed by atoms with Gasteiger partial charge in [0.05, 0.1) is 17.9 Å². The van der Waals surface area contributed by atoms with Crippen molar-refractivity contribution in [3.8, 4) is 22.4 Å². The minimum absolute atomic E-state index is 0.0725. The van der Waals surface area contributed by atoms with Gasteiger partial charge in [-0.05, 0) is 59.0 Å². The molecule has 4 nitrogen and oxygen atoms in total. The summed E-state index contributed by atoms with van der Waals surface area (Å²) in [6.45, 7) is 3.94. The fourth-order valence-corrected chi connectivity index (χ4v) is 5.90. The van der Waals surface area contributed by atoms with E-state index in [2.05, 4.69) is 44.3 Å². The predicted octanol–water partition coefficient (Wildman–Crippen LogP) is 7.76. The lowest BCUT2D eigenvalue weighted by atomic mass is 9.93. The zero-order chi connectivity index (χ0) is 29.1. The van der Waals surface area contributed by atoms with E-state index in [-0.39, 0.29) is 11.9 Å². The summed E-state index contributed by atoms with van der Waals surface area (Å²) in [5.74, 6) is -1.31. The summed E-state index contributed by atoms with van der Waals surface area (Å²) in [6, 6.07) is 26.3. The lowest BCUT2D eigenvalue weighted by Crippen LogP contribution is -2.48. The molecule has 8 heteroatoms. The lowest BCUT2D eigenvalue weighted by Gasteiger charge is -2.39. The molecule has 1 saturated heterocycles. The summed E-state index contributed by atoms with van der Waals surface area (Å²) in [7, 11) is 0. The van der Waals surface area contributed by atoms with Gasteiger partial charge in [-0.3, -0.25) is 10.00 Å². The van der Waals surface area contributed by atoms with Crippen molar-refractivity contribution in [1.82, 2.24) is 20.0 Å². The van der Waals surface area contributed by atoms with Gasteiger partial charge in [-0.25, -0.2) is 13.2 Å². The van der Waals surface area contributed by atoms with Crippen molar-refractivity contribution < 1.29 is 13.2 Å². The fourth-order valence-electron chi connectivity index (χ4n) is 5.71. The van der Waals surface area contributed by atoms with Gasteiger partial charge in [0, 0.05) is 54.9 Å². The Balaban J connectivity index is 1.25. The monoisotopic (exact) mass is 586 g/mol. The average Bonchev–Trinajstić information content (AvgIpc) is 3.48. The summed E-state index contributed by atoms with van der Waals surface area (Å²) in [4.78, 5) is 4.77. The Labute approximate surface area is 248 Å². The summed E-state index contributed by atoms with van der Waals surface area (Å²) in [6.07, 6.45) is 2.42. The molecule has 5 aromatic rings. The highest BCUT2D eigenvalue weighted by Gasteiger charge is 2.29. The van der Waals surface area contributed by atoms with E-state index >= 15 is 0 Å². The Hall–Kier alpha value is -3.91. The molecular formula is C34H30ClF3N4. The molecule has 214 valence electrons. The third kappa shape index (κ3) is 6.28. The van der Waals surface area contributed by atoms with Crippen molar-refractivity contribution in [3.05, 3.63) is 136 Å². The van der Waals surface area contributed by atoms with Gasteiger partial charge in [0.2, 0.25) is 0 Å². The topological polar surface area (TPSA) is 35.2 Å². The first-order valence-corrected chi connectivity index (χ1v) is 14.4. The minimum Gasteiger partial charge on any atom is -0.300 e. The van der Waals surface area contributed by atoms with E-state index in [0.29, 0.717) is 23.6 Å². The molecule has 1 atom stereocenters. The first kappa shape index (κ1) is 28.2. The molecule has 0 spiro atoms. The molecule has 1 N–H and O–H groups in total. The molecule has 0 aliphatic carbocycles. The van der Waals surface area contributed by atoms with E-state index in [0.717, 1.165) is 65.8 Å². The van der Waals surface area contributed by atoms with Crippen LogP contribution in [0.15, 0.2) is 97.2 Å². The first-order chi connectivity index (χ1) is 20.4.